The van der Waals surface area contributed by atoms with Gasteiger partial charge in [0.15, 0.2) is 0 Å². The van der Waals surface area contributed by atoms with Crippen LogP contribution in [0.5, 0.6) is 5.75 Å². The van der Waals surface area contributed by atoms with Gasteiger partial charge >= 0.3 is 0 Å². The highest BCUT2D eigenvalue weighted by atomic mass is 16.5. The largest absolute Gasteiger partial charge is 0.496 e. The molecule has 1 saturated heterocycles. The Labute approximate surface area is 213 Å². The number of benzene rings is 1. The van der Waals surface area contributed by atoms with Crippen LogP contribution in [0, 0.1) is 40.9 Å². The van der Waals surface area contributed by atoms with Gasteiger partial charge < -0.3 is 20.4 Å². The lowest BCUT2D eigenvalue weighted by Crippen LogP contribution is -2.66. The van der Waals surface area contributed by atoms with Crippen LogP contribution < -0.4 is 20.7 Å². The fourth-order valence-corrected chi connectivity index (χ4v) is 6.84. The first-order valence-electron chi connectivity index (χ1n) is 12.9. The summed E-state index contributed by atoms with van der Waals surface area (Å²) in [5.41, 5.74) is -0.193. The molecule has 2 aromatic rings. The zero-order valence-corrected chi connectivity index (χ0v) is 20.5. The third kappa shape index (κ3) is 3.84. The first-order chi connectivity index (χ1) is 17.8. The number of H-pyrrole nitrogens is 1. The first kappa shape index (κ1) is 23.5. The normalized spacial score (nSPS) is 30.8. The van der Waals surface area contributed by atoms with Crippen molar-refractivity contribution >= 4 is 34.5 Å². The summed E-state index contributed by atoms with van der Waals surface area (Å²) in [5, 5.41) is 19.3. The third-order valence-electron chi connectivity index (χ3n) is 8.77. The van der Waals surface area contributed by atoms with Crippen LogP contribution in [-0.4, -0.2) is 47.3 Å². The molecule has 1 aromatic carbocycles. The Hall–Kier alpha value is -3.87. The van der Waals surface area contributed by atoms with Crippen LogP contribution in [-0.2, 0) is 14.4 Å². The molecule has 37 heavy (non-hydrogen) atoms. The summed E-state index contributed by atoms with van der Waals surface area (Å²) in [4.78, 5) is 54.9. The number of carbonyl (C=O) groups is 4. The van der Waals surface area contributed by atoms with E-state index in [0.717, 1.165) is 30.2 Å². The molecular weight excluding hydrogens is 474 g/mol. The summed E-state index contributed by atoms with van der Waals surface area (Å²) >= 11 is 0. The highest BCUT2D eigenvalue weighted by Crippen LogP contribution is 2.55. The number of imide groups is 1. The number of nitrogens with zero attached hydrogens (tertiary/aromatic N) is 1. The zero-order valence-electron chi connectivity index (χ0n) is 20.5. The molecule has 5 fully saturated rings. The Kier molecular flexibility index (Phi) is 5.48. The maximum Gasteiger partial charge on any atom is 0.268 e. The number of fused-ring (bicyclic) bond motifs is 3. The van der Waals surface area contributed by atoms with Crippen molar-refractivity contribution in [2.75, 3.05) is 7.11 Å². The third-order valence-corrected chi connectivity index (χ3v) is 8.77. The molecular formula is C27H29N5O5. The Bertz CT molecular complexity index is 1360. The van der Waals surface area contributed by atoms with E-state index in [1.54, 1.807) is 13.2 Å². The Morgan fingerprint density at radius 1 is 1.19 bits per heavy atom. The fourth-order valence-electron chi connectivity index (χ4n) is 6.84. The first-order valence-corrected chi connectivity index (χ1v) is 12.9. The molecule has 192 valence electrons. The lowest BCUT2D eigenvalue weighted by atomic mass is 9.52. The van der Waals surface area contributed by atoms with E-state index in [-0.39, 0.29) is 17.7 Å². The number of rotatable bonds is 7. The molecule has 0 spiro atoms. The molecule has 10 nitrogen and oxygen atoms in total. The van der Waals surface area contributed by atoms with E-state index in [1.807, 2.05) is 18.2 Å². The summed E-state index contributed by atoms with van der Waals surface area (Å²) in [7, 11) is 1.56. The van der Waals surface area contributed by atoms with Gasteiger partial charge in [0.2, 0.25) is 17.7 Å². The number of aromatic nitrogens is 1. The molecule has 0 radical (unpaired) electrons. The van der Waals surface area contributed by atoms with Crippen LogP contribution in [0.3, 0.4) is 0 Å². The van der Waals surface area contributed by atoms with E-state index in [9.17, 15) is 24.4 Å². The van der Waals surface area contributed by atoms with Gasteiger partial charge in [0.1, 0.15) is 23.0 Å². The number of aromatic amines is 1. The highest BCUT2D eigenvalue weighted by Gasteiger charge is 2.64. The van der Waals surface area contributed by atoms with Crippen molar-refractivity contribution < 1.29 is 23.9 Å². The van der Waals surface area contributed by atoms with E-state index in [2.05, 4.69) is 27.0 Å². The van der Waals surface area contributed by atoms with E-state index in [0.29, 0.717) is 36.6 Å². The van der Waals surface area contributed by atoms with Crippen molar-refractivity contribution in [1.29, 1.82) is 5.26 Å². The second-order valence-corrected chi connectivity index (χ2v) is 10.9. The molecule has 10 heteroatoms. The minimum atomic E-state index is -1.25. The van der Waals surface area contributed by atoms with E-state index in [1.165, 1.54) is 0 Å². The standard InChI is InChI=1S/C27H29N5O5/c1-37-20-4-2-3-17-15(20)10-19(29-17)23(33)30-18(9-13-5-6-13)24(34)32-27(12-28)11-14-7-8-16(27)22-21(14)25(35)31-26(22)36/h2-4,10,13-14,16,18,21-22,29H,5-9,11H2,1H3,(H,30,33)(H,32,34)(H,31,35,36)/t14-,16?,18-,21-,22+,27+/m0/s1. The van der Waals surface area contributed by atoms with Crippen LogP contribution in [0.15, 0.2) is 24.3 Å². The number of nitrogens with one attached hydrogen (secondary N) is 4. The van der Waals surface area contributed by atoms with Gasteiger partial charge in [-0.15, -0.1) is 0 Å². The monoisotopic (exact) mass is 503 g/mol. The number of nitriles is 1. The summed E-state index contributed by atoms with van der Waals surface area (Å²) in [6.07, 6.45) is 4.12. The van der Waals surface area contributed by atoms with Crippen LogP contribution in [0.4, 0.5) is 0 Å². The molecule has 1 aromatic heterocycles. The van der Waals surface area contributed by atoms with E-state index in [4.69, 9.17) is 4.74 Å². The van der Waals surface area contributed by atoms with E-state index >= 15 is 0 Å². The minimum Gasteiger partial charge on any atom is -0.496 e. The molecule has 4 amide bonds. The number of carbonyl (C=O) groups excluding carboxylic acids is 4. The molecule has 6 atom stereocenters. The van der Waals surface area contributed by atoms with Gasteiger partial charge in [0.25, 0.3) is 5.91 Å². The number of ether oxygens (including phenoxy) is 1. The summed E-state index contributed by atoms with van der Waals surface area (Å²) < 4.78 is 5.38. The predicted octanol–water partition coefficient (Wildman–Crippen LogP) is 1.77. The molecule has 7 rings (SSSR count). The zero-order chi connectivity index (χ0) is 25.9. The average molecular weight is 504 g/mol. The van der Waals surface area contributed by atoms with Crippen molar-refractivity contribution in [1.82, 2.24) is 20.9 Å². The molecule has 2 heterocycles. The van der Waals surface area contributed by atoms with Gasteiger partial charge in [0, 0.05) is 16.8 Å². The SMILES string of the molecule is COc1cccc2[nH]c(C(=O)N[C@@H](CC3CC3)C(=O)N[C@@]3(C#N)C[C@@H]4CCC3[C@H]3C(=O)NC(=O)[C@@H]43)cc12. The van der Waals surface area contributed by atoms with Gasteiger partial charge in [-0.1, -0.05) is 18.9 Å². The molecule has 1 unspecified atom stereocenters. The topological polar surface area (TPSA) is 153 Å². The van der Waals surface area contributed by atoms with Crippen LogP contribution >= 0.6 is 0 Å². The van der Waals surface area contributed by atoms with E-state index < -0.39 is 41.1 Å². The van der Waals surface area contributed by atoms with Gasteiger partial charge in [-0.2, -0.15) is 5.26 Å². The van der Waals surface area contributed by atoms with Crippen LogP contribution in [0.2, 0.25) is 0 Å². The summed E-state index contributed by atoms with van der Waals surface area (Å²) in [6.45, 7) is 0. The number of hydrogen-bond donors (Lipinski definition) is 4. The Balaban J connectivity index is 1.23. The average Bonchev–Trinajstić information content (AvgIpc) is 3.51. The van der Waals surface area contributed by atoms with Crippen molar-refractivity contribution in [2.45, 2.75) is 50.1 Å². The van der Waals surface area contributed by atoms with Crippen LogP contribution in [0.25, 0.3) is 10.9 Å². The lowest BCUT2D eigenvalue weighted by Gasteiger charge is -2.52. The van der Waals surface area contributed by atoms with Gasteiger partial charge in [-0.05, 0) is 55.7 Å². The predicted molar refractivity (Wildman–Crippen MR) is 131 cm³/mol. The van der Waals surface area contributed by atoms with Gasteiger partial charge in [-0.3, -0.25) is 24.5 Å². The molecule has 2 bridgehead atoms. The molecule has 4 N–H and O–H groups in total. The van der Waals surface area contributed by atoms with Gasteiger partial charge in [0.05, 0.1) is 25.0 Å². The fraction of sp³-hybridized carbons (Fsp3) is 0.519. The number of methoxy groups -OCH3 is 1. The summed E-state index contributed by atoms with van der Waals surface area (Å²) in [6, 6.07) is 8.66. The maximum absolute atomic E-state index is 13.6. The Morgan fingerprint density at radius 3 is 2.70 bits per heavy atom. The molecule has 4 aliphatic carbocycles. The molecule has 5 aliphatic rings. The minimum absolute atomic E-state index is 0.140. The number of amides is 4. The second-order valence-electron chi connectivity index (χ2n) is 10.9. The van der Waals surface area contributed by atoms with Crippen molar-refractivity contribution in [2.24, 2.45) is 29.6 Å². The molecule has 1 aliphatic heterocycles. The van der Waals surface area contributed by atoms with Crippen molar-refractivity contribution in [3.8, 4) is 11.8 Å². The number of hydrogen-bond acceptors (Lipinski definition) is 6. The second kappa shape index (κ2) is 8.61. The van der Waals surface area contributed by atoms with Crippen LogP contribution in [0.1, 0.15) is 49.0 Å². The van der Waals surface area contributed by atoms with Crippen molar-refractivity contribution in [3.05, 3.63) is 30.0 Å². The van der Waals surface area contributed by atoms with Crippen molar-refractivity contribution in [3.63, 3.8) is 0 Å². The smallest absolute Gasteiger partial charge is 0.268 e. The Morgan fingerprint density at radius 2 is 1.97 bits per heavy atom. The maximum atomic E-state index is 13.6. The lowest BCUT2D eigenvalue weighted by molar-refractivity contribution is -0.137. The molecule has 4 saturated carbocycles. The highest BCUT2D eigenvalue weighted by molar-refractivity contribution is 6.06. The van der Waals surface area contributed by atoms with Gasteiger partial charge in [-0.25, -0.2) is 0 Å². The summed E-state index contributed by atoms with van der Waals surface area (Å²) in [5.74, 6) is -2.10. The quantitative estimate of drug-likeness (QED) is 0.423.